The van der Waals surface area contributed by atoms with Crippen molar-refractivity contribution in [1.29, 1.82) is 0 Å². The lowest BCUT2D eigenvalue weighted by Crippen LogP contribution is -2.58. The van der Waals surface area contributed by atoms with Crippen molar-refractivity contribution in [2.24, 2.45) is 11.7 Å². The molecule has 1 rings (SSSR count). The van der Waals surface area contributed by atoms with Gasteiger partial charge in [0.2, 0.25) is 17.7 Å². The SMILES string of the molecule is CCC(C)C(NC(=O)C(CCSC)NC(=O)CN)C(=O)NC(Cc1cnc[nH]1)C(=O)O. The zero-order chi connectivity index (χ0) is 23.4. The van der Waals surface area contributed by atoms with E-state index in [1.54, 1.807) is 6.92 Å². The maximum absolute atomic E-state index is 12.9. The van der Waals surface area contributed by atoms with Crippen molar-refractivity contribution < 1.29 is 24.3 Å². The number of hydrogen-bond acceptors (Lipinski definition) is 7. The first-order valence-electron chi connectivity index (χ1n) is 10.0. The van der Waals surface area contributed by atoms with Gasteiger partial charge in [0.15, 0.2) is 0 Å². The van der Waals surface area contributed by atoms with Crippen LogP contribution in [-0.4, -0.2) is 75.4 Å². The molecule has 0 aromatic carbocycles. The molecular formula is C19H32N6O5S. The molecule has 0 saturated heterocycles. The van der Waals surface area contributed by atoms with Crippen molar-refractivity contribution in [3.05, 3.63) is 18.2 Å². The second-order valence-electron chi connectivity index (χ2n) is 7.16. The first-order chi connectivity index (χ1) is 14.7. The van der Waals surface area contributed by atoms with Gasteiger partial charge in [-0.05, 0) is 24.3 Å². The molecule has 0 radical (unpaired) electrons. The normalized spacial score (nSPS) is 14.7. The number of aliphatic carboxylic acids is 1. The van der Waals surface area contributed by atoms with Gasteiger partial charge in [-0.25, -0.2) is 9.78 Å². The Morgan fingerprint density at radius 1 is 1.19 bits per heavy atom. The van der Waals surface area contributed by atoms with Gasteiger partial charge < -0.3 is 31.8 Å². The van der Waals surface area contributed by atoms with Crippen LogP contribution >= 0.6 is 11.8 Å². The molecule has 1 heterocycles. The summed E-state index contributed by atoms with van der Waals surface area (Å²) in [5, 5.41) is 17.2. The van der Waals surface area contributed by atoms with Crippen LogP contribution in [0, 0.1) is 5.92 Å². The largest absolute Gasteiger partial charge is 0.480 e. The van der Waals surface area contributed by atoms with Crippen LogP contribution in [0.3, 0.4) is 0 Å². The molecule has 11 nitrogen and oxygen atoms in total. The number of imidazole rings is 1. The number of carboxylic acid groups (broad SMARTS) is 1. The number of rotatable bonds is 14. The first kappa shape index (κ1) is 26.4. The molecule has 0 fully saturated rings. The summed E-state index contributed by atoms with van der Waals surface area (Å²) < 4.78 is 0. The summed E-state index contributed by atoms with van der Waals surface area (Å²) in [5.41, 5.74) is 5.89. The van der Waals surface area contributed by atoms with E-state index < -0.39 is 41.8 Å². The highest BCUT2D eigenvalue weighted by atomic mass is 32.2. The Morgan fingerprint density at radius 2 is 1.90 bits per heavy atom. The predicted molar refractivity (Wildman–Crippen MR) is 117 cm³/mol. The van der Waals surface area contributed by atoms with Crippen molar-refractivity contribution in [3.8, 4) is 0 Å². The number of amides is 3. The van der Waals surface area contributed by atoms with Crippen LogP contribution in [0.15, 0.2) is 12.5 Å². The number of carbonyl (C=O) groups excluding carboxylic acids is 3. The molecule has 0 bridgehead atoms. The van der Waals surface area contributed by atoms with E-state index in [0.29, 0.717) is 24.3 Å². The van der Waals surface area contributed by atoms with Gasteiger partial charge in [-0.15, -0.1) is 0 Å². The van der Waals surface area contributed by atoms with E-state index in [0.717, 1.165) is 0 Å². The summed E-state index contributed by atoms with van der Waals surface area (Å²) in [6, 6.07) is -3.00. The molecule has 4 atom stereocenters. The number of carboxylic acids is 1. The minimum atomic E-state index is -1.20. The molecule has 174 valence electrons. The highest BCUT2D eigenvalue weighted by Gasteiger charge is 2.32. The van der Waals surface area contributed by atoms with Crippen LogP contribution in [0.5, 0.6) is 0 Å². The van der Waals surface area contributed by atoms with Gasteiger partial charge in [0, 0.05) is 18.3 Å². The molecular weight excluding hydrogens is 424 g/mol. The van der Waals surface area contributed by atoms with Crippen molar-refractivity contribution in [2.75, 3.05) is 18.6 Å². The summed E-state index contributed by atoms with van der Waals surface area (Å²) in [5.74, 6) is -2.45. The first-order valence-corrected chi connectivity index (χ1v) is 11.4. The molecule has 0 saturated carbocycles. The van der Waals surface area contributed by atoms with Crippen LogP contribution in [0.1, 0.15) is 32.4 Å². The number of hydrogen-bond donors (Lipinski definition) is 6. The highest BCUT2D eigenvalue weighted by molar-refractivity contribution is 7.98. The number of carbonyl (C=O) groups is 4. The van der Waals surface area contributed by atoms with Gasteiger partial charge in [-0.1, -0.05) is 20.3 Å². The standard InChI is InChI=1S/C19H32N6O5S/c1-4-11(2)16(25-17(27)13(5-6-31-3)23-15(26)8-20)18(28)24-14(19(29)30)7-12-9-21-10-22-12/h9-11,13-14,16H,4-8,20H2,1-3H3,(H,21,22)(H,23,26)(H,24,28)(H,25,27)(H,29,30). The second-order valence-corrected chi connectivity index (χ2v) is 8.14. The molecule has 0 spiro atoms. The number of aromatic amines is 1. The number of nitrogens with one attached hydrogen (secondary N) is 4. The van der Waals surface area contributed by atoms with Gasteiger partial charge in [0.25, 0.3) is 0 Å². The van der Waals surface area contributed by atoms with Gasteiger partial charge in [0.1, 0.15) is 18.1 Å². The van der Waals surface area contributed by atoms with Gasteiger partial charge in [0.05, 0.1) is 12.9 Å². The zero-order valence-corrected chi connectivity index (χ0v) is 18.8. The molecule has 4 unspecified atom stereocenters. The van der Waals surface area contributed by atoms with E-state index in [2.05, 4.69) is 25.9 Å². The van der Waals surface area contributed by atoms with Crippen molar-refractivity contribution >= 4 is 35.5 Å². The van der Waals surface area contributed by atoms with E-state index in [1.165, 1.54) is 24.3 Å². The molecule has 1 aromatic heterocycles. The monoisotopic (exact) mass is 456 g/mol. The molecule has 0 aliphatic heterocycles. The maximum Gasteiger partial charge on any atom is 0.326 e. The zero-order valence-electron chi connectivity index (χ0n) is 18.0. The topological polar surface area (TPSA) is 179 Å². The summed E-state index contributed by atoms with van der Waals surface area (Å²) >= 11 is 1.52. The smallest absolute Gasteiger partial charge is 0.326 e. The summed E-state index contributed by atoms with van der Waals surface area (Å²) in [4.78, 5) is 55.7. The van der Waals surface area contributed by atoms with E-state index in [4.69, 9.17) is 5.73 Å². The Morgan fingerprint density at radius 3 is 2.42 bits per heavy atom. The van der Waals surface area contributed by atoms with Crippen molar-refractivity contribution in [2.45, 2.75) is 51.2 Å². The number of nitrogens with zero attached hydrogens (tertiary/aromatic N) is 1. The summed E-state index contributed by atoms with van der Waals surface area (Å²) in [6.07, 6.45) is 5.73. The Balaban J connectivity index is 2.93. The average Bonchev–Trinajstić information content (AvgIpc) is 3.26. The Labute approximate surface area is 185 Å². The summed E-state index contributed by atoms with van der Waals surface area (Å²) in [6.45, 7) is 3.38. The van der Waals surface area contributed by atoms with Gasteiger partial charge >= 0.3 is 5.97 Å². The van der Waals surface area contributed by atoms with Crippen LogP contribution < -0.4 is 21.7 Å². The number of nitrogens with two attached hydrogens (primary N) is 1. The van der Waals surface area contributed by atoms with Crippen LogP contribution in [0.2, 0.25) is 0 Å². The molecule has 1 aromatic rings. The molecule has 7 N–H and O–H groups in total. The Bertz CT molecular complexity index is 729. The van der Waals surface area contributed by atoms with Gasteiger partial charge in [-0.3, -0.25) is 14.4 Å². The maximum atomic E-state index is 12.9. The quantitative estimate of drug-likeness (QED) is 0.211. The third kappa shape index (κ3) is 8.97. The number of H-pyrrole nitrogens is 1. The molecule has 3 amide bonds. The van der Waals surface area contributed by atoms with Crippen LogP contribution in [-0.2, 0) is 25.6 Å². The lowest BCUT2D eigenvalue weighted by Gasteiger charge is -2.27. The fraction of sp³-hybridized carbons (Fsp3) is 0.632. The molecule has 12 heteroatoms. The molecule has 0 aliphatic rings. The minimum absolute atomic E-state index is 0.0190. The molecule has 31 heavy (non-hydrogen) atoms. The minimum Gasteiger partial charge on any atom is -0.480 e. The van der Waals surface area contributed by atoms with Crippen molar-refractivity contribution in [3.63, 3.8) is 0 Å². The van der Waals surface area contributed by atoms with Crippen LogP contribution in [0.25, 0.3) is 0 Å². The Kier molecular flexibility index (Phi) is 11.6. The Hall–Kier alpha value is -2.60. The van der Waals surface area contributed by atoms with E-state index >= 15 is 0 Å². The fourth-order valence-corrected chi connectivity index (χ4v) is 3.26. The predicted octanol–water partition coefficient (Wildman–Crippen LogP) is -0.751. The highest BCUT2D eigenvalue weighted by Crippen LogP contribution is 2.11. The second kappa shape index (κ2) is 13.7. The fourth-order valence-electron chi connectivity index (χ4n) is 2.79. The lowest BCUT2D eigenvalue weighted by molar-refractivity contribution is -0.142. The van der Waals surface area contributed by atoms with Gasteiger partial charge in [-0.2, -0.15) is 11.8 Å². The third-order valence-electron chi connectivity index (χ3n) is 4.83. The van der Waals surface area contributed by atoms with Crippen molar-refractivity contribution in [1.82, 2.24) is 25.9 Å². The molecule has 0 aliphatic carbocycles. The van der Waals surface area contributed by atoms with E-state index in [9.17, 15) is 24.3 Å². The lowest BCUT2D eigenvalue weighted by atomic mass is 9.97. The average molecular weight is 457 g/mol. The third-order valence-corrected chi connectivity index (χ3v) is 5.48. The summed E-state index contributed by atoms with van der Waals surface area (Å²) in [7, 11) is 0. The number of thioether (sulfide) groups is 1. The number of aromatic nitrogens is 2. The van der Waals surface area contributed by atoms with E-state index in [1.807, 2.05) is 13.2 Å². The van der Waals surface area contributed by atoms with E-state index in [-0.39, 0.29) is 18.9 Å². The van der Waals surface area contributed by atoms with Crippen LogP contribution in [0.4, 0.5) is 0 Å².